The maximum absolute atomic E-state index is 13.9. The number of aromatic nitrogens is 1. The van der Waals surface area contributed by atoms with E-state index in [-0.39, 0.29) is 34.4 Å². The van der Waals surface area contributed by atoms with Gasteiger partial charge in [0, 0.05) is 23.7 Å². The molecule has 0 aliphatic carbocycles. The van der Waals surface area contributed by atoms with Gasteiger partial charge in [0.25, 0.3) is 10.0 Å². The molecule has 2 heterocycles. The lowest BCUT2D eigenvalue weighted by molar-refractivity contribution is 0.220. The summed E-state index contributed by atoms with van der Waals surface area (Å²) in [5.74, 6) is 0.811. The second-order valence-corrected chi connectivity index (χ2v) is 13.8. The number of nitrogens with one attached hydrogen (secondary N) is 1. The highest BCUT2D eigenvalue weighted by Crippen LogP contribution is 2.42. The van der Waals surface area contributed by atoms with E-state index >= 15 is 0 Å². The van der Waals surface area contributed by atoms with Crippen molar-refractivity contribution in [2.75, 3.05) is 10.8 Å². The van der Waals surface area contributed by atoms with Crippen molar-refractivity contribution in [3.05, 3.63) is 70.4 Å². The summed E-state index contributed by atoms with van der Waals surface area (Å²) >= 11 is 1.21. The van der Waals surface area contributed by atoms with Gasteiger partial charge in [-0.25, -0.2) is 13.4 Å². The van der Waals surface area contributed by atoms with Crippen LogP contribution >= 0.6 is 11.3 Å². The highest BCUT2D eigenvalue weighted by molar-refractivity contribution is 7.94. The van der Waals surface area contributed by atoms with Crippen molar-refractivity contribution in [1.82, 2.24) is 10.3 Å². The molecular weight excluding hydrogens is 516 g/mol. The Bertz CT molecular complexity index is 1340. The van der Waals surface area contributed by atoms with Crippen LogP contribution in [0.3, 0.4) is 0 Å². The number of ether oxygens (including phenoxy) is 1. The second-order valence-electron chi connectivity index (χ2n) is 10.6. The molecule has 1 unspecified atom stereocenters. The number of benzene rings is 2. The average molecular weight is 557 g/mol. The SMILES string of the molecule is Cc1nc(C)c(S(=O)(=O)N(c2ccc(OC(C)C)c(C(N)[C@@H]3CCCN[C@@H]3c3ccccc3)c2)C(C)C)s1. The molecule has 0 amide bonds. The standard InChI is InChI=1S/C29H40N4O3S2/c1-18(2)33(38(34,35)29-20(5)32-21(6)37-29)23-14-15-26(36-19(3)4)25(17-23)27(30)24-13-10-16-31-28(24)22-11-8-7-9-12-22/h7-9,11-12,14-15,17-19,24,27-28,31H,10,13,16,30H2,1-6H3/t24-,27?,28+/m0/s1. The number of anilines is 1. The Kier molecular flexibility index (Phi) is 8.82. The van der Waals surface area contributed by atoms with Crippen LogP contribution in [0.1, 0.15) is 74.4 Å². The van der Waals surface area contributed by atoms with Gasteiger partial charge in [-0.3, -0.25) is 4.31 Å². The molecule has 7 nitrogen and oxygen atoms in total. The van der Waals surface area contributed by atoms with Crippen LogP contribution in [-0.2, 0) is 10.0 Å². The lowest BCUT2D eigenvalue weighted by Gasteiger charge is -2.38. The minimum absolute atomic E-state index is 0.0473. The minimum Gasteiger partial charge on any atom is -0.491 e. The summed E-state index contributed by atoms with van der Waals surface area (Å²) < 4.78 is 35.8. The maximum atomic E-state index is 13.9. The first kappa shape index (κ1) is 28.5. The van der Waals surface area contributed by atoms with Crippen LogP contribution in [-0.4, -0.2) is 32.1 Å². The van der Waals surface area contributed by atoms with Crippen LogP contribution in [0.15, 0.2) is 52.7 Å². The molecule has 38 heavy (non-hydrogen) atoms. The minimum atomic E-state index is -3.82. The third-order valence-electron chi connectivity index (χ3n) is 6.92. The number of rotatable bonds is 9. The van der Waals surface area contributed by atoms with Crippen LogP contribution in [0.4, 0.5) is 5.69 Å². The van der Waals surface area contributed by atoms with E-state index in [1.165, 1.54) is 21.2 Å². The van der Waals surface area contributed by atoms with E-state index < -0.39 is 10.0 Å². The fraction of sp³-hybridized carbons (Fsp3) is 0.483. The van der Waals surface area contributed by atoms with Gasteiger partial charge in [-0.1, -0.05) is 30.3 Å². The van der Waals surface area contributed by atoms with Crippen LogP contribution in [0.2, 0.25) is 0 Å². The fourth-order valence-electron chi connectivity index (χ4n) is 5.41. The monoisotopic (exact) mass is 556 g/mol. The molecule has 3 atom stereocenters. The highest BCUT2D eigenvalue weighted by Gasteiger charge is 2.35. The molecule has 3 aromatic rings. The van der Waals surface area contributed by atoms with E-state index in [0.29, 0.717) is 17.1 Å². The number of hydrogen-bond donors (Lipinski definition) is 2. The Labute approximate surface area is 231 Å². The highest BCUT2D eigenvalue weighted by atomic mass is 32.2. The van der Waals surface area contributed by atoms with Crippen molar-refractivity contribution < 1.29 is 13.2 Å². The molecule has 206 valence electrons. The van der Waals surface area contributed by atoms with Gasteiger partial charge in [0.1, 0.15) is 5.75 Å². The van der Waals surface area contributed by atoms with E-state index in [4.69, 9.17) is 10.5 Å². The molecule has 1 aliphatic rings. The zero-order valence-electron chi connectivity index (χ0n) is 23.1. The summed E-state index contributed by atoms with van der Waals surface area (Å²) in [5.41, 5.74) is 10.2. The van der Waals surface area contributed by atoms with Gasteiger partial charge in [-0.2, -0.15) is 0 Å². The zero-order valence-corrected chi connectivity index (χ0v) is 24.8. The Morgan fingerprint density at radius 3 is 2.42 bits per heavy atom. The van der Waals surface area contributed by atoms with Crippen molar-refractivity contribution in [1.29, 1.82) is 0 Å². The van der Waals surface area contributed by atoms with Crippen LogP contribution in [0.25, 0.3) is 0 Å². The largest absolute Gasteiger partial charge is 0.491 e. The molecule has 1 aliphatic heterocycles. The molecule has 9 heteroatoms. The summed E-state index contributed by atoms with van der Waals surface area (Å²) in [7, 11) is -3.82. The Morgan fingerprint density at radius 2 is 1.82 bits per heavy atom. The Balaban J connectivity index is 1.80. The summed E-state index contributed by atoms with van der Waals surface area (Å²) in [6.45, 7) is 12.2. The van der Waals surface area contributed by atoms with Gasteiger partial charge in [0.15, 0.2) is 4.21 Å². The molecule has 0 radical (unpaired) electrons. The van der Waals surface area contributed by atoms with Gasteiger partial charge >= 0.3 is 0 Å². The van der Waals surface area contributed by atoms with Gasteiger partial charge in [-0.15, -0.1) is 11.3 Å². The fourth-order valence-corrected chi connectivity index (χ4v) is 8.62. The maximum Gasteiger partial charge on any atom is 0.275 e. The number of nitrogens with zero attached hydrogens (tertiary/aromatic N) is 2. The predicted molar refractivity (Wildman–Crippen MR) is 155 cm³/mol. The smallest absolute Gasteiger partial charge is 0.275 e. The van der Waals surface area contributed by atoms with Gasteiger partial charge in [-0.05, 0) is 90.6 Å². The summed E-state index contributed by atoms with van der Waals surface area (Å²) in [6, 6.07) is 15.4. The molecule has 1 saturated heterocycles. The van der Waals surface area contributed by atoms with Crippen molar-refractivity contribution in [3.8, 4) is 5.75 Å². The molecular formula is C29H40N4O3S2. The second kappa shape index (κ2) is 11.7. The number of hydrogen-bond acceptors (Lipinski definition) is 7. The first-order valence-corrected chi connectivity index (χ1v) is 15.6. The van der Waals surface area contributed by atoms with Gasteiger partial charge in [0.05, 0.1) is 22.5 Å². The molecule has 0 bridgehead atoms. The summed E-state index contributed by atoms with van der Waals surface area (Å²) in [4.78, 5) is 4.37. The first-order chi connectivity index (χ1) is 18.0. The molecule has 1 fully saturated rings. The lowest BCUT2D eigenvalue weighted by atomic mass is 9.79. The number of piperidine rings is 1. The van der Waals surface area contributed by atoms with Crippen molar-refractivity contribution in [3.63, 3.8) is 0 Å². The Morgan fingerprint density at radius 1 is 1.11 bits per heavy atom. The van der Waals surface area contributed by atoms with Crippen molar-refractivity contribution in [2.45, 2.75) is 82.8 Å². The molecule has 4 rings (SSSR count). The topological polar surface area (TPSA) is 97.5 Å². The zero-order chi connectivity index (χ0) is 27.6. The molecule has 2 aromatic carbocycles. The average Bonchev–Trinajstić information content (AvgIpc) is 3.23. The molecule has 3 N–H and O–H groups in total. The Hall–Kier alpha value is -2.46. The summed E-state index contributed by atoms with van der Waals surface area (Å²) in [5, 5.41) is 4.40. The van der Waals surface area contributed by atoms with Crippen LogP contribution in [0.5, 0.6) is 5.75 Å². The first-order valence-electron chi connectivity index (χ1n) is 13.3. The summed E-state index contributed by atoms with van der Waals surface area (Å²) in [6.07, 6.45) is 1.94. The molecule has 0 saturated carbocycles. The van der Waals surface area contributed by atoms with Gasteiger partial charge < -0.3 is 15.8 Å². The number of nitrogens with two attached hydrogens (primary N) is 1. The predicted octanol–water partition coefficient (Wildman–Crippen LogP) is 5.89. The van der Waals surface area contributed by atoms with Crippen LogP contribution < -0.4 is 20.1 Å². The number of thiazole rings is 1. The van der Waals surface area contributed by atoms with Gasteiger partial charge in [0.2, 0.25) is 0 Å². The molecule has 0 spiro atoms. The third-order valence-corrected chi connectivity index (χ3v) is 10.6. The van der Waals surface area contributed by atoms with E-state index in [0.717, 1.165) is 30.0 Å². The normalized spacial score (nSPS) is 19.1. The molecule has 1 aromatic heterocycles. The van der Waals surface area contributed by atoms with E-state index in [1.54, 1.807) is 6.92 Å². The quantitative estimate of drug-likeness (QED) is 0.341. The number of sulfonamides is 1. The third kappa shape index (κ3) is 5.91. The van der Waals surface area contributed by atoms with Crippen molar-refractivity contribution in [2.24, 2.45) is 11.7 Å². The lowest BCUT2D eigenvalue weighted by Crippen LogP contribution is -2.40. The van der Waals surface area contributed by atoms with Crippen LogP contribution in [0, 0.1) is 19.8 Å². The van der Waals surface area contributed by atoms with E-state index in [9.17, 15) is 8.42 Å². The van der Waals surface area contributed by atoms with Crippen molar-refractivity contribution >= 4 is 27.0 Å². The van der Waals surface area contributed by atoms with E-state index in [1.807, 2.05) is 58.9 Å². The number of aryl methyl sites for hydroxylation is 2. The van der Waals surface area contributed by atoms with E-state index in [2.05, 4.69) is 34.6 Å².